The van der Waals surface area contributed by atoms with Crippen LogP contribution in [0.1, 0.15) is 12.6 Å². The summed E-state index contributed by atoms with van der Waals surface area (Å²) in [5, 5.41) is 9.90. The number of rotatable bonds is 7. The van der Waals surface area contributed by atoms with Gasteiger partial charge in [-0.1, -0.05) is 121 Å². The fourth-order valence-corrected chi connectivity index (χ4v) is 4.63. The molecule has 0 aliphatic heterocycles. The number of nitrogens with one attached hydrogen (secondary N) is 1. The lowest BCUT2D eigenvalue weighted by Gasteiger charge is -2.12. The maximum absolute atomic E-state index is 5.05. The summed E-state index contributed by atoms with van der Waals surface area (Å²) >= 11 is 0. The van der Waals surface area contributed by atoms with E-state index in [2.05, 4.69) is 46.6 Å². The van der Waals surface area contributed by atoms with Crippen LogP contribution in [0.3, 0.4) is 0 Å². The molecule has 4 aromatic carbocycles. The van der Waals surface area contributed by atoms with E-state index in [1.807, 2.05) is 110 Å². The number of allylic oxidation sites excluding steroid dienone is 5. The smallest absolute Gasteiger partial charge is 0.181 e. The second kappa shape index (κ2) is 11.5. The third-order valence-electron chi connectivity index (χ3n) is 6.53. The Hall–Kier alpha value is -5.42. The zero-order valence-corrected chi connectivity index (χ0v) is 22.1. The Morgan fingerprint density at radius 2 is 1.35 bits per heavy atom. The zero-order chi connectivity index (χ0) is 27.1. The molecule has 1 N–H and O–H groups in total. The summed E-state index contributed by atoms with van der Waals surface area (Å²) in [4.78, 5) is 15.0. The van der Waals surface area contributed by atoms with Crippen molar-refractivity contribution < 1.29 is 0 Å². The van der Waals surface area contributed by atoms with Crippen LogP contribution in [0.15, 0.2) is 134 Å². The summed E-state index contributed by atoms with van der Waals surface area (Å²) in [6.07, 6.45) is 12.0. The van der Waals surface area contributed by atoms with Crippen LogP contribution in [-0.2, 0) is 0 Å². The average molecular weight is 518 g/mol. The van der Waals surface area contributed by atoms with Gasteiger partial charge in [-0.15, -0.1) is 0 Å². The summed E-state index contributed by atoms with van der Waals surface area (Å²) in [7, 11) is 0. The third-order valence-corrected chi connectivity index (χ3v) is 6.53. The fraction of sp³-hybridized carbons (Fsp3) is 0.0286. The van der Waals surface area contributed by atoms with E-state index in [0.29, 0.717) is 17.5 Å². The molecular formula is C35H27N5. The lowest BCUT2D eigenvalue weighted by Crippen LogP contribution is -1.98. The Kier molecular flexibility index (Phi) is 7.18. The zero-order valence-electron chi connectivity index (χ0n) is 22.1. The van der Waals surface area contributed by atoms with Crippen molar-refractivity contribution in [2.75, 3.05) is 0 Å². The number of aromatic amines is 1. The molecule has 0 fully saturated rings. The maximum Gasteiger partial charge on any atom is 0.181 e. The number of nitrogens with zero attached hydrogens (tertiary/aromatic N) is 4. The predicted molar refractivity (Wildman–Crippen MR) is 164 cm³/mol. The Bertz CT molecular complexity index is 1850. The van der Waals surface area contributed by atoms with E-state index in [1.165, 1.54) is 0 Å². The van der Waals surface area contributed by atoms with Gasteiger partial charge in [0, 0.05) is 22.3 Å². The summed E-state index contributed by atoms with van der Waals surface area (Å²) in [6.45, 7) is 2.00. The van der Waals surface area contributed by atoms with E-state index >= 15 is 0 Å². The largest absolute Gasteiger partial charge is 0.259 e. The quantitative estimate of drug-likeness (QED) is 0.215. The Morgan fingerprint density at radius 1 is 0.625 bits per heavy atom. The number of hydrogen-bond donors (Lipinski definition) is 1. The van der Waals surface area contributed by atoms with Crippen LogP contribution < -0.4 is 0 Å². The van der Waals surface area contributed by atoms with Crippen molar-refractivity contribution in [1.29, 1.82) is 0 Å². The van der Waals surface area contributed by atoms with E-state index in [-0.39, 0.29) is 0 Å². The standard InChI is InChI=1S/C35H27N5/c1-2-3-4-5-12-20-28-24-31(26-16-8-6-9-17-26)37-34(36-28)30-23-22-25-15-13-14-21-29(25)32(30)35-38-33(39-40-35)27-18-10-7-11-19-27/h2-24H,1H3,(H,38,39,40)/b3-2-,5-4-,20-12+. The molecule has 0 bridgehead atoms. The molecule has 6 rings (SSSR count). The van der Waals surface area contributed by atoms with Gasteiger partial charge >= 0.3 is 0 Å². The molecule has 0 radical (unpaired) electrons. The van der Waals surface area contributed by atoms with Gasteiger partial charge in [-0.25, -0.2) is 15.0 Å². The van der Waals surface area contributed by atoms with Crippen LogP contribution in [0.5, 0.6) is 0 Å². The molecular weight excluding hydrogens is 490 g/mol. The molecule has 0 saturated carbocycles. The minimum Gasteiger partial charge on any atom is -0.259 e. The molecule has 192 valence electrons. The summed E-state index contributed by atoms with van der Waals surface area (Å²) in [5.74, 6) is 1.94. The second-order valence-corrected chi connectivity index (χ2v) is 9.22. The molecule has 0 atom stereocenters. The van der Waals surface area contributed by atoms with Gasteiger partial charge in [0.05, 0.1) is 11.4 Å². The van der Waals surface area contributed by atoms with Crippen LogP contribution in [0.4, 0.5) is 0 Å². The molecule has 6 aromatic rings. The highest BCUT2D eigenvalue weighted by Crippen LogP contribution is 2.36. The number of fused-ring (bicyclic) bond motifs is 1. The summed E-state index contributed by atoms with van der Waals surface area (Å²) in [6, 6.07) is 34.6. The molecule has 0 amide bonds. The third kappa shape index (κ3) is 5.26. The van der Waals surface area contributed by atoms with Gasteiger partial charge in [0.2, 0.25) is 0 Å². The highest BCUT2D eigenvalue weighted by atomic mass is 15.2. The Balaban J connectivity index is 1.55. The summed E-state index contributed by atoms with van der Waals surface area (Å²) < 4.78 is 0. The van der Waals surface area contributed by atoms with Crippen molar-refractivity contribution in [2.45, 2.75) is 6.92 Å². The van der Waals surface area contributed by atoms with E-state index in [4.69, 9.17) is 15.0 Å². The van der Waals surface area contributed by atoms with Gasteiger partial charge in [0.1, 0.15) is 0 Å². The molecule has 40 heavy (non-hydrogen) atoms. The van der Waals surface area contributed by atoms with Gasteiger partial charge < -0.3 is 0 Å². The molecule has 0 spiro atoms. The Morgan fingerprint density at radius 3 is 2.15 bits per heavy atom. The molecule has 0 aliphatic carbocycles. The molecule has 0 saturated heterocycles. The van der Waals surface area contributed by atoms with Crippen LogP contribution in [-0.4, -0.2) is 25.1 Å². The first-order valence-corrected chi connectivity index (χ1v) is 13.2. The summed E-state index contributed by atoms with van der Waals surface area (Å²) in [5.41, 5.74) is 5.44. The molecule has 2 heterocycles. The second-order valence-electron chi connectivity index (χ2n) is 9.22. The minimum atomic E-state index is 0.622. The van der Waals surface area contributed by atoms with Gasteiger partial charge in [0.25, 0.3) is 0 Å². The number of H-pyrrole nitrogens is 1. The predicted octanol–water partition coefficient (Wildman–Crippen LogP) is 8.56. The van der Waals surface area contributed by atoms with Crippen molar-refractivity contribution >= 4 is 16.8 Å². The molecule has 0 unspecified atom stereocenters. The number of hydrogen-bond acceptors (Lipinski definition) is 4. The lowest BCUT2D eigenvalue weighted by molar-refractivity contribution is 1.10. The van der Waals surface area contributed by atoms with E-state index in [9.17, 15) is 0 Å². The van der Waals surface area contributed by atoms with Gasteiger partial charge in [-0.05, 0) is 35.9 Å². The van der Waals surface area contributed by atoms with Crippen LogP contribution in [0.2, 0.25) is 0 Å². The van der Waals surface area contributed by atoms with Gasteiger partial charge in [-0.2, -0.15) is 5.10 Å². The van der Waals surface area contributed by atoms with Gasteiger partial charge in [0.15, 0.2) is 17.5 Å². The number of aromatic nitrogens is 5. The first-order chi connectivity index (χ1) is 19.8. The Labute approximate surface area is 233 Å². The topological polar surface area (TPSA) is 67.3 Å². The van der Waals surface area contributed by atoms with Crippen molar-refractivity contribution in [1.82, 2.24) is 25.1 Å². The van der Waals surface area contributed by atoms with Crippen LogP contribution in [0, 0.1) is 0 Å². The van der Waals surface area contributed by atoms with E-state index in [0.717, 1.165) is 44.4 Å². The van der Waals surface area contributed by atoms with Crippen molar-refractivity contribution in [3.8, 4) is 45.4 Å². The van der Waals surface area contributed by atoms with Crippen LogP contribution >= 0.6 is 0 Å². The SMILES string of the molecule is C\C=C/C=C\C=C\c1cc(-c2ccccc2)nc(-c2ccc3ccccc3c2-c2nc(-c3ccccc3)n[nH]2)n1. The maximum atomic E-state index is 5.05. The average Bonchev–Trinajstić information content (AvgIpc) is 3.51. The first-order valence-electron chi connectivity index (χ1n) is 13.2. The minimum absolute atomic E-state index is 0.622. The lowest BCUT2D eigenvalue weighted by atomic mass is 9.97. The normalized spacial score (nSPS) is 11.8. The monoisotopic (exact) mass is 517 g/mol. The van der Waals surface area contributed by atoms with Crippen molar-refractivity contribution in [3.05, 3.63) is 139 Å². The highest BCUT2D eigenvalue weighted by Gasteiger charge is 2.19. The highest BCUT2D eigenvalue weighted by molar-refractivity contribution is 6.02. The van der Waals surface area contributed by atoms with Crippen LogP contribution in [0.25, 0.3) is 62.3 Å². The number of benzene rings is 4. The molecule has 5 heteroatoms. The fourth-order valence-electron chi connectivity index (χ4n) is 4.63. The molecule has 0 aliphatic rings. The molecule has 5 nitrogen and oxygen atoms in total. The molecule has 2 aromatic heterocycles. The van der Waals surface area contributed by atoms with Gasteiger partial charge in [-0.3, -0.25) is 5.10 Å². The van der Waals surface area contributed by atoms with Crippen molar-refractivity contribution in [2.24, 2.45) is 0 Å². The van der Waals surface area contributed by atoms with Crippen molar-refractivity contribution in [3.63, 3.8) is 0 Å². The first kappa shape index (κ1) is 24.9. The van der Waals surface area contributed by atoms with E-state index < -0.39 is 0 Å². The van der Waals surface area contributed by atoms with E-state index in [1.54, 1.807) is 0 Å².